The van der Waals surface area contributed by atoms with Crippen LogP contribution < -0.4 is 16.6 Å². The summed E-state index contributed by atoms with van der Waals surface area (Å²) < 4.78 is 30.1. The Hall–Kier alpha value is -2.82. The highest BCUT2D eigenvalue weighted by atomic mass is 79.9. The first-order chi connectivity index (χ1) is 12.2. The van der Waals surface area contributed by atoms with E-state index < -0.39 is 28.8 Å². The fourth-order valence-electron chi connectivity index (χ4n) is 2.53. The number of nitrogens with one attached hydrogen (secondary N) is 1. The van der Waals surface area contributed by atoms with Crippen LogP contribution in [0.15, 0.2) is 32.5 Å². The van der Waals surface area contributed by atoms with Gasteiger partial charge in [0.25, 0.3) is 5.56 Å². The van der Waals surface area contributed by atoms with Gasteiger partial charge in [0.15, 0.2) is 15.9 Å². The zero-order valence-corrected chi connectivity index (χ0v) is 15.2. The van der Waals surface area contributed by atoms with Gasteiger partial charge in [-0.25, -0.2) is 18.6 Å². The minimum absolute atomic E-state index is 0.00207. The Morgan fingerprint density at radius 2 is 1.92 bits per heavy atom. The Balaban J connectivity index is 2.01. The molecule has 3 rings (SSSR count). The molecule has 0 atom stereocenters. The molecule has 1 amide bonds. The van der Waals surface area contributed by atoms with Crippen LogP contribution in [0, 0.1) is 11.6 Å². The molecule has 0 radical (unpaired) electrons. The number of hydrogen-bond acceptors (Lipinski definition) is 4. The lowest BCUT2D eigenvalue weighted by molar-refractivity contribution is -0.116. The van der Waals surface area contributed by atoms with Crippen molar-refractivity contribution in [1.29, 1.82) is 0 Å². The monoisotopic (exact) mass is 427 g/mol. The lowest BCUT2D eigenvalue weighted by Crippen LogP contribution is -2.37. The summed E-state index contributed by atoms with van der Waals surface area (Å²) in [5.41, 5.74) is -1.24. The summed E-state index contributed by atoms with van der Waals surface area (Å²) in [5, 5.41) is 2.31. The van der Waals surface area contributed by atoms with Gasteiger partial charge in [-0.15, -0.1) is 0 Å². The second-order valence-electron chi connectivity index (χ2n) is 5.52. The van der Waals surface area contributed by atoms with Gasteiger partial charge in [0, 0.05) is 20.2 Å². The molecule has 11 heteroatoms. The summed E-state index contributed by atoms with van der Waals surface area (Å²) in [4.78, 5) is 40.6. The van der Waals surface area contributed by atoms with E-state index in [2.05, 4.69) is 26.2 Å². The summed E-state index contributed by atoms with van der Waals surface area (Å²) in [7, 11) is 2.76. The number of carbonyl (C=O) groups excluding carboxylic acids is 1. The van der Waals surface area contributed by atoms with E-state index in [0.717, 1.165) is 16.7 Å². The van der Waals surface area contributed by atoms with Crippen LogP contribution in [0.4, 0.5) is 14.5 Å². The predicted molar refractivity (Wildman–Crippen MR) is 92.9 cm³/mol. The number of hydrogen-bond donors (Lipinski definition) is 1. The van der Waals surface area contributed by atoms with Gasteiger partial charge >= 0.3 is 5.69 Å². The van der Waals surface area contributed by atoms with E-state index in [0.29, 0.717) is 6.07 Å². The summed E-state index contributed by atoms with van der Waals surface area (Å²) in [6.07, 6.45) is 0. The average Bonchev–Trinajstić information content (AvgIpc) is 2.90. The molecular weight excluding hydrogens is 416 g/mol. The first kappa shape index (κ1) is 18.0. The maximum Gasteiger partial charge on any atom is 0.332 e. The maximum atomic E-state index is 13.7. The number of amides is 1. The number of aromatic nitrogens is 4. The molecule has 0 saturated carbocycles. The molecule has 136 valence electrons. The molecule has 26 heavy (non-hydrogen) atoms. The van der Waals surface area contributed by atoms with Crippen molar-refractivity contribution in [1.82, 2.24) is 18.7 Å². The molecular formula is C15H12BrF2N5O3. The van der Waals surface area contributed by atoms with Crippen molar-refractivity contribution in [2.75, 3.05) is 5.32 Å². The van der Waals surface area contributed by atoms with Crippen molar-refractivity contribution in [3.8, 4) is 0 Å². The number of nitrogens with zero attached hydrogens (tertiary/aromatic N) is 4. The molecule has 0 bridgehead atoms. The van der Waals surface area contributed by atoms with Crippen molar-refractivity contribution >= 4 is 38.7 Å². The number of carbonyl (C=O) groups is 1. The molecule has 0 aliphatic heterocycles. The molecule has 3 aromatic rings. The van der Waals surface area contributed by atoms with Crippen molar-refractivity contribution in [2.24, 2.45) is 14.1 Å². The molecule has 1 aromatic carbocycles. The van der Waals surface area contributed by atoms with Gasteiger partial charge in [-0.3, -0.25) is 23.3 Å². The third-order valence-corrected chi connectivity index (χ3v) is 4.41. The summed E-state index contributed by atoms with van der Waals surface area (Å²) in [5.74, 6) is -2.34. The van der Waals surface area contributed by atoms with Crippen molar-refractivity contribution in [3.63, 3.8) is 0 Å². The van der Waals surface area contributed by atoms with Crippen molar-refractivity contribution in [3.05, 3.63) is 55.4 Å². The third-order valence-electron chi connectivity index (χ3n) is 3.80. The standard InChI is InChI=1S/C15H12BrF2N5O3/c1-21-12-11(13(25)22(2)15(21)26)20-14(16)23(12)6-10(24)19-9-4-3-7(17)5-8(9)18/h3-5H,6H2,1-2H3,(H,19,24). The maximum absolute atomic E-state index is 13.7. The second kappa shape index (κ2) is 6.48. The molecule has 0 spiro atoms. The van der Waals surface area contributed by atoms with Gasteiger partial charge in [-0.2, -0.15) is 0 Å². The van der Waals surface area contributed by atoms with Crippen LogP contribution in [0.5, 0.6) is 0 Å². The summed E-state index contributed by atoms with van der Waals surface area (Å²) >= 11 is 3.15. The zero-order chi connectivity index (χ0) is 19.2. The number of fused-ring (bicyclic) bond motifs is 1. The van der Waals surface area contributed by atoms with E-state index in [9.17, 15) is 23.2 Å². The van der Waals surface area contributed by atoms with Gasteiger partial charge in [-0.05, 0) is 28.1 Å². The molecule has 2 heterocycles. The smallest absolute Gasteiger partial charge is 0.322 e. The quantitative estimate of drug-likeness (QED) is 0.633. The molecule has 1 N–H and O–H groups in total. The van der Waals surface area contributed by atoms with Crippen molar-refractivity contribution < 1.29 is 13.6 Å². The Kier molecular flexibility index (Phi) is 4.48. The van der Waals surface area contributed by atoms with Gasteiger partial charge in [0.2, 0.25) is 5.91 Å². The molecule has 8 nitrogen and oxygen atoms in total. The fourth-order valence-corrected chi connectivity index (χ4v) is 3.00. The second-order valence-corrected chi connectivity index (χ2v) is 6.23. The highest BCUT2D eigenvalue weighted by Crippen LogP contribution is 2.18. The molecule has 0 fully saturated rings. The van der Waals surface area contributed by atoms with Crippen LogP contribution in [0.1, 0.15) is 0 Å². The molecule has 0 aliphatic rings. The van der Waals surface area contributed by atoms with E-state index >= 15 is 0 Å². The predicted octanol–water partition coefficient (Wildman–Crippen LogP) is 1.11. The van der Waals surface area contributed by atoms with Crippen LogP contribution in [-0.4, -0.2) is 24.6 Å². The van der Waals surface area contributed by atoms with Gasteiger partial charge < -0.3 is 5.32 Å². The first-order valence-electron chi connectivity index (χ1n) is 7.27. The molecule has 2 aromatic heterocycles. The minimum Gasteiger partial charge on any atom is -0.322 e. The van der Waals surface area contributed by atoms with Crippen LogP contribution in [0.2, 0.25) is 0 Å². The van der Waals surface area contributed by atoms with Crippen LogP contribution in [0.3, 0.4) is 0 Å². The Morgan fingerprint density at radius 3 is 2.58 bits per heavy atom. The number of benzene rings is 1. The first-order valence-corrected chi connectivity index (χ1v) is 8.06. The number of halogens is 3. The normalized spacial score (nSPS) is 11.1. The fraction of sp³-hybridized carbons (Fsp3) is 0.200. The highest BCUT2D eigenvalue weighted by Gasteiger charge is 2.19. The minimum atomic E-state index is -0.922. The molecule has 0 saturated heterocycles. The van der Waals surface area contributed by atoms with Gasteiger partial charge in [0.05, 0.1) is 5.69 Å². The SMILES string of the molecule is Cn1c(=O)c2nc(Br)n(CC(=O)Nc3ccc(F)cc3F)c2n(C)c1=O. The largest absolute Gasteiger partial charge is 0.332 e. The lowest BCUT2D eigenvalue weighted by Gasteiger charge is -2.10. The number of imidazole rings is 1. The Morgan fingerprint density at radius 1 is 1.23 bits per heavy atom. The Bertz CT molecular complexity index is 1160. The van der Waals surface area contributed by atoms with Gasteiger partial charge in [-0.1, -0.05) is 0 Å². The molecule has 0 unspecified atom stereocenters. The van der Waals surface area contributed by atoms with Crippen LogP contribution in [0.25, 0.3) is 11.2 Å². The Labute approximate surface area is 152 Å². The van der Waals surface area contributed by atoms with Crippen LogP contribution >= 0.6 is 15.9 Å². The summed E-state index contributed by atoms with van der Waals surface area (Å²) in [6.45, 7) is -0.353. The van der Waals surface area contributed by atoms with E-state index in [1.165, 1.54) is 23.2 Å². The van der Waals surface area contributed by atoms with E-state index in [4.69, 9.17) is 0 Å². The zero-order valence-electron chi connectivity index (χ0n) is 13.6. The third kappa shape index (κ3) is 2.94. The van der Waals surface area contributed by atoms with E-state index in [-0.39, 0.29) is 28.1 Å². The number of aryl methyl sites for hydroxylation is 1. The van der Waals surface area contributed by atoms with Crippen molar-refractivity contribution in [2.45, 2.75) is 6.54 Å². The highest BCUT2D eigenvalue weighted by molar-refractivity contribution is 9.10. The topological polar surface area (TPSA) is 90.9 Å². The molecule has 0 aliphatic carbocycles. The van der Waals surface area contributed by atoms with E-state index in [1.54, 1.807) is 0 Å². The van der Waals surface area contributed by atoms with E-state index in [1.807, 2.05) is 0 Å². The lowest BCUT2D eigenvalue weighted by atomic mass is 10.3. The summed E-state index contributed by atoms with van der Waals surface area (Å²) in [6, 6.07) is 2.75. The number of rotatable bonds is 3. The van der Waals surface area contributed by atoms with Gasteiger partial charge in [0.1, 0.15) is 18.2 Å². The number of anilines is 1. The van der Waals surface area contributed by atoms with Crippen LogP contribution in [-0.2, 0) is 25.4 Å². The average molecular weight is 428 g/mol.